The fourth-order valence-electron chi connectivity index (χ4n) is 3.15. The van der Waals surface area contributed by atoms with E-state index in [2.05, 4.69) is 5.32 Å². The summed E-state index contributed by atoms with van der Waals surface area (Å²) in [5, 5.41) is 4.67. The molecule has 0 aliphatic heterocycles. The summed E-state index contributed by atoms with van der Waals surface area (Å²) in [6.07, 6.45) is 1.52. The van der Waals surface area contributed by atoms with Crippen LogP contribution in [0.4, 0.5) is 5.69 Å². The number of thiophene rings is 1. The summed E-state index contributed by atoms with van der Waals surface area (Å²) in [5.41, 5.74) is 1.59. The number of aryl methyl sites for hydroxylation is 1. The average molecular weight is 400 g/mol. The molecular weight excluding hydrogens is 374 g/mol. The van der Waals surface area contributed by atoms with Gasteiger partial charge < -0.3 is 5.32 Å². The number of carbonyl (C=O) groups is 1. The Morgan fingerprint density at radius 1 is 1.14 bits per heavy atom. The van der Waals surface area contributed by atoms with Gasteiger partial charge in [-0.15, -0.1) is 11.3 Å². The molecule has 0 aliphatic rings. The number of hydrogen-bond donors (Lipinski definition) is 1. The second-order valence-electron chi connectivity index (χ2n) is 7.20. The molecule has 1 N–H and O–H groups in total. The third-order valence-corrected chi connectivity index (χ3v) is 5.63. The van der Waals surface area contributed by atoms with Crippen molar-refractivity contribution < 1.29 is 4.79 Å². The molecule has 148 valence electrons. The molecule has 0 radical (unpaired) electrons. The van der Waals surface area contributed by atoms with E-state index in [1.165, 1.54) is 20.5 Å². The minimum atomic E-state index is -0.435. The molecule has 3 rings (SSSR count). The summed E-state index contributed by atoms with van der Waals surface area (Å²) in [6.45, 7) is 6.34. The smallest absolute Gasteiger partial charge is 0.324 e. The maximum atomic E-state index is 13.0. The highest BCUT2D eigenvalue weighted by Crippen LogP contribution is 2.17. The molecule has 6 nitrogen and oxygen atoms in total. The minimum absolute atomic E-state index is 0.133. The van der Waals surface area contributed by atoms with Crippen LogP contribution in [-0.2, 0) is 24.3 Å². The van der Waals surface area contributed by atoms with Gasteiger partial charge in [-0.05, 0) is 41.8 Å². The highest BCUT2D eigenvalue weighted by atomic mass is 32.1. The summed E-state index contributed by atoms with van der Waals surface area (Å²) >= 11 is 1.30. The fourth-order valence-corrected chi connectivity index (χ4v) is 4.00. The highest BCUT2D eigenvalue weighted by Gasteiger charge is 2.17. The number of aromatic nitrogens is 2. The predicted octanol–water partition coefficient (Wildman–Crippen LogP) is 3.47. The van der Waals surface area contributed by atoms with Crippen LogP contribution in [0.2, 0.25) is 0 Å². The SMILES string of the molecule is CCc1ccccc1NC(=O)Cn1c(=O)n(CCC(C)C)c(=O)c2sccc21. The number of nitrogens with zero attached hydrogens (tertiary/aromatic N) is 2. The number of anilines is 1. The van der Waals surface area contributed by atoms with E-state index in [1.54, 1.807) is 11.4 Å². The van der Waals surface area contributed by atoms with Crippen LogP contribution in [0.25, 0.3) is 10.2 Å². The number of rotatable bonds is 7. The van der Waals surface area contributed by atoms with Gasteiger partial charge in [0.05, 0.1) is 5.52 Å². The van der Waals surface area contributed by atoms with E-state index in [0.29, 0.717) is 22.7 Å². The highest BCUT2D eigenvalue weighted by molar-refractivity contribution is 7.17. The van der Waals surface area contributed by atoms with Crippen LogP contribution in [0.15, 0.2) is 45.3 Å². The van der Waals surface area contributed by atoms with Crippen LogP contribution in [0.1, 0.15) is 32.8 Å². The van der Waals surface area contributed by atoms with Crippen molar-refractivity contribution in [2.45, 2.75) is 46.7 Å². The first kappa shape index (κ1) is 20.1. The van der Waals surface area contributed by atoms with Crippen molar-refractivity contribution in [3.63, 3.8) is 0 Å². The Balaban J connectivity index is 1.96. The zero-order chi connectivity index (χ0) is 20.3. The largest absolute Gasteiger partial charge is 0.332 e. The molecule has 3 aromatic rings. The first-order chi connectivity index (χ1) is 13.4. The maximum absolute atomic E-state index is 13.0. The van der Waals surface area contributed by atoms with Crippen molar-refractivity contribution in [3.05, 3.63) is 62.1 Å². The number of para-hydroxylation sites is 1. The lowest BCUT2D eigenvalue weighted by Gasteiger charge is -2.14. The van der Waals surface area contributed by atoms with Gasteiger partial charge in [0.15, 0.2) is 0 Å². The summed E-state index contributed by atoms with van der Waals surface area (Å²) < 4.78 is 3.16. The van der Waals surface area contributed by atoms with Gasteiger partial charge >= 0.3 is 5.69 Å². The van der Waals surface area contributed by atoms with Crippen LogP contribution in [-0.4, -0.2) is 15.0 Å². The van der Waals surface area contributed by atoms with Gasteiger partial charge in [0.2, 0.25) is 5.91 Å². The van der Waals surface area contributed by atoms with Crippen molar-refractivity contribution in [2.24, 2.45) is 5.92 Å². The maximum Gasteiger partial charge on any atom is 0.332 e. The lowest BCUT2D eigenvalue weighted by atomic mass is 10.1. The van der Waals surface area contributed by atoms with Crippen molar-refractivity contribution >= 4 is 33.1 Å². The van der Waals surface area contributed by atoms with E-state index >= 15 is 0 Å². The fraction of sp³-hybridized carbons (Fsp3) is 0.381. The summed E-state index contributed by atoms with van der Waals surface area (Å²) in [4.78, 5) is 38.3. The van der Waals surface area contributed by atoms with E-state index in [0.717, 1.165) is 24.1 Å². The number of fused-ring (bicyclic) bond motifs is 1. The van der Waals surface area contributed by atoms with E-state index in [4.69, 9.17) is 0 Å². The van der Waals surface area contributed by atoms with Crippen LogP contribution in [0, 0.1) is 5.92 Å². The third kappa shape index (κ3) is 4.09. The van der Waals surface area contributed by atoms with Crippen molar-refractivity contribution in [1.82, 2.24) is 9.13 Å². The van der Waals surface area contributed by atoms with Gasteiger partial charge in [-0.25, -0.2) is 4.79 Å². The normalized spacial score (nSPS) is 11.3. The topological polar surface area (TPSA) is 73.1 Å². The molecule has 2 aromatic heterocycles. The van der Waals surface area contributed by atoms with Crippen molar-refractivity contribution in [2.75, 3.05) is 5.32 Å². The molecule has 0 saturated heterocycles. The zero-order valence-electron chi connectivity index (χ0n) is 16.4. The summed E-state index contributed by atoms with van der Waals surface area (Å²) in [6, 6.07) is 9.33. The number of nitrogens with one attached hydrogen (secondary N) is 1. The molecule has 0 saturated carbocycles. The number of benzene rings is 1. The molecular formula is C21H25N3O3S. The van der Waals surface area contributed by atoms with Gasteiger partial charge in [-0.2, -0.15) is 0 Å². The number of hydrogen-bond acceptors (Lipinski definition) is 4. The Labute approximate surface area is 167 Å². The molecule has 1 aromatic carbocycles. The molecule has 28 heavy (non-hydrogen) atoms. The molecule has 0 unspecified atom stereocenters. The summed E-state index contributed by atoms with van der Waals surface area (Å²) in [7, 11) is 0. The lowest BCUT2D eigenvalue weighted by molar-refractivity contribution is -0.116. The third-order valence-electron chi connectivity index (χ3n) is 4.74. The van der Waals surface area contributed by atoms with Gasteiger partial charge in [-0.3, -0.25) is 18.7 Å². The van der Waals surface area contributed by atoms with E-state index in [9.17, 15) is 14.4 Å². The zero-order valence-corrected chi connectivity index (χ0v) is 17.2. The Bertz CT molecular complexity index is 1110. The standard InChI is InChI=1S/C21H25N3O3S/c1-4-15-7-5-6-8-16(15)22-18(25)13-24-17-10-12-28-19(17)20(26)23(21(24)27)11-9-14(2)3/h5-8,10,12,14H,4,9,11,13H2,1-3H3,(H,22,25). The monoisotopic (exact) mass is 399 g/mol. The molecule has 1 amide bonds. The van der Waals surface area contributed by atoms with Gasteiger partial charge in [0.25, 0.3) is 5.56 Å². The van der Waals surface area contributed by atoms with E-state index in [-0.39, 0.29) is 18.0 Å². The molecule has 2 heterocycles. The van der Waals surface area contributed by atoms with Crippen LogP contribution in [0.3, 0.4) is 0 Å². The predicted molar refractivity (Wildman–Crippen MR) is 114 cm³/mol. The van der Waals surface area contributed by atoms with Gasteiger partial charge in [-0.1, -0.05) is 39.0 Å². The molecule has 0 fully saturated rings. The second-order valence-corrected chi connectivity index (χ2v) is 8.12. The van der Waals surface area contributed by atoms with Crippen LogP contribution < -0.4 is 16.6 Å². The van der Waals surface area contributed by atoms with Crippen LogP contribution >= 0.6 is 11.3 Å². The second kappa shape index (κ2) is 8.56. The lowest BCUT2D eigenvalue weighted by Crippen LogP contribution is -2.41. The first-order valence-electron chi connectivity index (χ1n) is 9.51. The van der Waals surface area contributed by atoms with Crippen molar-refractivity contribution in [1.29, 1.82) is 0 Å². The Hall–Kier alpha value is -2.67. The number of amides is 1. The Kier molecular flexibility index (Phi) is 6.14. The van der Waals surface area contributed by atoms with Gasteiger partial charge in [0.1, 0.15) is 11.2 Å². The first-order valence-corrected chi connectivity index (χ1v) is 10.4. The summed E-state index contributed by atoms with van der Waals surface area (Å²) in [5.74, 6) is 0.0807. The Morgan fingerprint density at radius 2 is 1.89 bits per heavy atom. The average Bonchev–Trinajstić information content (AvgIpc) is 3.15. The quantitative estimate of drug-likeness (QED) is 0.661. The molecule has 0 aliphatic carbocycles. The van der Waals surface area contributed by atoms with Crippen LogP contribution in [0.5, 0.6) is 0 Å². The van der Waals surface area contributed by atoms with E-state index < -0.39 is 5.69 Å². The van der Waals surface area contributed by atoms with Crippen molar-refractivity contribution in [3.8, 4) is 0 Å². The molecule has 0 spiro atoms. The van der Waals surface area contributed by atoms with E-state index in [1.807, 2.05) is 45.0 Å². The molecule has 7 heteroatoms. The minimum Gasteiger partial charge on any atom is -0.324 e. The van der Waals surface area contributed by atoms with Gasteiger partial charge in [0, 0.05) is 12.2 Å². The number of carbonyl (C=O) groups excluding carboxylic acids is 1. The Morgan fingerprint density at radius 3 is 2.61 bits per heavy atom. The molecule has 0 bridgehead atoms. The molecule has 0 atom stereocenters.